The van der Waals surface area contributed by atoms with Gasteiger partial charge in [0.2, 0.25) is 0 Å². The fourth-order valence-corrected chi connectivity index (χ4v) is 2.73. The molecular formula is C14H16N4O2. The number of nitrogens with one attached hydrogen (secondary N) is 1. The van der Waals surface area contributed by atoms with Crippen LogP contribution in [-0.4, -0.2) is 14.9 Å². The zero-order valence-corrected chi connectivity index (χ0v) is 11.0. The molecule has 1 fully saturated rings. The number of nitrogens with two attached hydrogens (primary N) is 1. The Kier molecular flexibility index (Phi) is 3.02. The van der Waals surface area contributed by atoms with Crippen LogP contribution in [0.1, 0.15) is 31.5 Å². The molecule has 0 spiro atoms. The Labute approximate surface area is 116 Å². The van der Waals surface area contributed by atoms with Gasteiger partial charge in [0.25, 0.3) is 5.69 Å². The maximum atomic E-state index is 10.6. The van der Waals surface area contributed by atoms with E-state index in [1.54, 1.807) is 18.3 Å². The van der Waals surface area contributed by atoms with Crippen molar-refractivity contribution in [1.29, 1.82) is 0 Å². The van der Waals surface area contributed by atoms with E-state index >= 15 is 0 Å². The van der Waals surface area contributed by atoms with Crippen molar-refractivity contribution in [1.82, 2.24) is 9.97 Å². The fraction of sp³-hybridized carbons (Fsp3) is 0.357. The number of benzene rings is 1. The minimum absolute atomic E-state index is 0.0829. The molecule has 1 saturated carbocycles. The quantitative estimate of drug-likeness (QED) is 0.663. The molecule has 0 bridgehead atoms. The van der Waals surface area contributed by atoms with E-state index in [1.165, 1.54) is 12.1 Å². The third-order valence-electron chi connectivity index (χ3n) is 3.93. The van der Waals surface area contributed by atoms with Crippen molar-refractivity contribution in [2.75, 3.05) is 0 Å². The fourth-order valence-electron chi connectivity index (χ4n) is 2.73. The van der Waals surface area contributed by atoms with Gasteiger partial charge in [0.1, 0.15) is 5.82 Å². The van der Waals surface area contributed by atoms with E-state index in [-0.39, 0.29) is 11.2 Å². The van der Waals surface area contributed by atoms with Crippen molar-refractivity contribution >= 4 is 5.69 Å². The molecule has 6 nitrogen and oxygen atoms in total. The number of non-ortho nitro benzene ring substituents is 1. The summed E-state index contributed by atoms with van der Waals surface area (Å²) in [7, 11) is 0. The summed E-state index contributed by atoms with van der Waals surface area (Å²) in [5.74, 6) is 0.809. The molecule has 0 amide bonds. The van der Waals surface area contributed by atoms with Crippen molar-refractivity contribution in [2.24, 2.45) is 5.73 Å². The third-order valence-corrected chi connectivity index (χ3v) is 3.93. The molecule has 3 N–H and O–H groups in total. The number of rotatable bonds is 3. The molecule has 3 rings (SSSR count). The van der Waals surface area contributed by atoms with Crippen LogP contribution in [-0.2, 0) is 5.54 Å². The minimum atomic E-state index is -0.407. The molecule has 1 aliphatic rings. The van der Waals surface area contributed by atoms with Crippen molar-refractivity contribution in [3.63, 3.8) is 0 Å². The molecule has 20 heavy (non-hydrogen) atoms. The molecule has 0 unspecified atom stereocenters. The summed E-state index contributed by atoms with van der Waals surface area (Å²) in [6, 6.07) is 6.41. The molecule has 0 aliphatic heterocycles. The number of nitro groups is 1. The summed E-state index contributed by atoms with van der Waals surface area (Å²) in [6.45, 7) is 0. The van der Waals surface area contributed by atoms with E-state index in [1.807, 2.05) is 0 Å². The van der Waals surface area contributed by atoms with Crippen LogP contribution >= 0.6 is 0 Å². The molecule has 1 aromatic carbocycles. The Balaban J connectivity index is 1.88. The van der Waals surface area contributed by atoms with Gasteiger partial charge >= 0.3 is 0 Å². The predicted molar refractivity (Wildman–Crippen MR) is 75.0 cm³/mol. The van der Waals surface area contributed by atoms with Gasteiger partial charge in [-0.3, -0.25) is 10.1 Å². The lowest BCUT2D eigenvalue weighted by molar-refractivity contribution is -0.384. The lowest BCUT2D eigenvalue weighted by Crippen LogP contribution is -2.34. The molecule has 2 aromatic rings. The van der Waals surface area contributed by atoms with Gasteiger partial charge in [0.05, 0.1) is 22.4 Å². The second-order valence-corrected chi connectivity index (χ2v) is 5.31. The largest absolute Gasteiger partial charge is 0.340 e. The van der Waals surface area contributed by atoms with Gasteiger partial charge in [0, 0.05) is 17.7 Å². The van der Waals surface area contributed by atoms with E-state index in [0.717, 1.165) is 42.8 Å². The first-order valence-corrected chi connectivity index (χ1v) is 6.68. The summed E-state index contributed by atoms with van der Waals surface area (Å²) in [5.41, 5.74) is 7.80. The first-order chi connectivity index (χ1) is 9.58. The van der Waals surface area contributed by atoms with Crippen molar-refractivity contribution in [3.8, 4) is 11.3 Å². The molecular weight excluding hydrogens is 256 g/mol. The monoisotopic (exact) mass is 272 g/mol. The van der Waals surface area contributed by atoms with E-state index in [2.05, 4.69) is 9.97 Å². The summed E-state index contributed by atoms with van der Waals surface area (Å²) in [4.78, 5) is 17.9. The number of nitrogens with zero attached hydrogens (tertiary/aromatic N) is 2. The highest BCUT2D eigenvalue weighted by Crippen LogP contribution is 2.35. The molecule has 1 heterocycles. The summed E-state index contributed by atoms with van der Waals surface area (Å²) in [5, 5.41) is 10.6. The van der Waals surface area contributed by atoms with Gasteiger partial charge in [-0.1, -0.05) is 12.8 Å². The Morgan fingerprint density at radius 1 is 1.25 bits per heavy atom. The average Bonchev–Trinajstić information content (AvgIpc) is 3.08. The molecule has 1 aliphatic carbocycles. The Morgan fingerprint density at radius 3 is 2.50 bits per heavy atom. The lowest BCUT2D eigenvalue weighted by atomic mass is 9.99. The third kappa shape index (κ3) is 2.18. The SMILES string of the molecule is NC1(c2ncc(-c3ccc([N+](=O)[O-])cc3)[nH]2)CCCC1. The Bertz CT molecular complexity index is 627. The second kappa shape index (κ2) is 4.72. The second-order valence-electron chi connectivity index (χ2n) is 5.31. The van der Waals surface area contributed by atoms with Gasteiger partial charge in [-0.25, -0.2) is 4.98 Å². The minimum Gasteiger partial charge on any atom is -0.340 e. The zero-order chi connectivity index (χ0) is 14.2. The topological polar surface area (TPSA) is 97.8 Å². The summed E-state index contributed by atoms with van der Waals surface area (Å²) in [6.07, 6.45) is 5.89. The number of imidazole rings is 1. The standard InChI is InChI=1S/C14H16N4O2/c15-14(7-1-2-8-14)13-16-9-12(17-13)10-3-5-11(6-4-10)18(19)20/h3-6,9H,1-2,7-8,15H2,(H,16,17). The van der Waals surface area contributed by atoms with E-state index in [0.29, 0.717) is 0 Å². The smallest absolute Gasteiger partial charge is 0.269 e. The van der Waals surface area contributed by atoms with Gasteiger partial charge in [0.15, 0.2) is 0 Å². The highest BCUT2D eigenvalue weighted by molar-refractivity contribution is 5.60. The highest BCUT2D eigenvalue weighted by atomic mass is 16.6. The predicted octanol–water partition coefficient (Wildman–Crippen LogP) is 2.71. The molecule has 0 atom stereocenters. The zero-order valence-electron chi connectivity index (χ0n) is 11.0. The number of hydrogen-bond acceptors (Lipinski definition) is 4. The number of hydrogen-bond donors (Lipinski definition) is 2. The van der Waals surface area contributed by atoms with Gasteiger partial charge < -0.3 is 10.7 Å². The van der Waals surface area contributed by atoms with Gasteiger partial charge in [-0.2, -0.15) is 0 Å². The van der Waals surface area contributed by atoms with Crippen molar-refractivity contribution < 1.29 is 4.92 Å². The molecule has 6 heteroatoms. The van der Waals surface area contributed by atoms with Crippen LogP contribution in [0.2, 0.25) is 0 Å². The van der Waals surface area contributed by atoms with Crippen LogP contribution in [0, 0.1) is 10.1 Å². The maximum Gasteiger partial charge on any atom is 0.269 e. The van der Waals surface area contributed by atoms with E-state index in [9.17, 15) is 10.1 Å². The van der Waals surface area contributed by atoms with E-state index in [4.69, 9.17) is 5.73 Å². The summed E-state index contributed by atoms with van der Waals surface area (Å²) >= 11 is 0. The maximum absolute atomic E-state index is 10.6. The van der Waals surface area contributed by atoms with Crippen LogP contribution < -0.4 is 5.73 Å². The van der Waals surface area contributed by atoms with E-state index < -0.39 is 4.92 Å². The van der Waals surface area contributed by atoms with Crippen LogP contribution in [0.5, 0.6) is 0 Å². The molecule has 1 aromatic heterocycles. The highest BCUT2D eigenvalue weighted by Gasteiger charge is 2.33. The van der Waals surface area contributed by atoms with Crippen LogP contribution in [0.4, 0.5) is 5.69 Å². The van der Waals surface area contributed by atoms with Gasteiger partial charge in [-0.15, -0.1) is 0 Å². The number of aromatic amines is 1. The summed E-state index contributed by atoms with van der Waals surface area (Å²) < 4.78 is 0. The Hall–Kier alpha value is -2.21. The number of nitro benzene ring substituents is 1. The van der Waals surface area contributed by atoms with Crippen LogP contribution in [0.3, 0.4) is 0 Å². The number of aromatic nitrogens is 2. The van der Waals surface area contributed by atoms with Crippen LogP contribution in [0.15, 0.2) is 30.5 Å². The van der Waals surface area contributed by atoms with Crippen molar-refractivity contribution in [3.05, 3.63) is 46.4 Å². The molecule has 0 saturated heterocycles. The molecule has 104 valence electrons. The first-order valence-electron chi connectivity index (χ1n) is 6.68. The normalized spacial score (nSPS) is 17.2. The van der Waals surface area contributed by atoms with Gasteiger partial charge in [-0.05, 0) is 25.0 Å². The first kappa shape index (κ1) is 12.8. The van der Waals surface area contributed by atoms with Crippen molar-refractivity contribution in [2.45, 2.75) is 31.2 Å². The van der Waals surface area contributed by atoms with Crippen LogP contribution in [0.25, 0.3) is 11.3 Å². The Morgan fingerprint density at radius 2 is 1.90 bits per heavy atom. The lowest BCUT2D eigenvalue weighted by Gasteiger charge is -2.20. The average molecular weight is 272 g/mol. The molecule has 0 radical (unpaired) electrons. The number of H-pyrrole nitrogens is 1.